The third-order valence-corrected chi connectivity index (χ3v) is 11.6. The van der Waals surface area contributed by atoms with Crippen LogP contribution < -0.4 is 16.0 Å². The highest BCUT2D eigenvalue weighted by Gasteiger charge is 2.36. The van der Waals surface area contributed by atoms with Crippen molar-refractivity contribution in [1.29, 1.82) is 0 Å². The Balaban J connectivity index is 1.39. The molecular formula is C28H27ClN8O13S4. The number of hydrogen-bond donors (Lipinski definition) is 6. The molecule has 0 saturated carbocycles. The zero-order chi connectivity index (χ0) is 39.8. The van der Waals surface area contributed by atoms with Crippen LogP contribution in [0.4, 0.5) is 29.0 Å². The van der Waals surface area contributed by atoms with Crippen molar-refractivity contribution in [2.24, 2.45) is 21.9 Å². The lowest BCUT2D eigenvalue weighted by Gasteiger charge is -2.29. The number of nitrogens with zero attached hydrogens (tertiary/aromatic N) is 6. The van der Waals surface area contributed by atoms with E-state index in [9.17, 15) is 47.9 Å². The second-order valence-electron chi connectivity index (χ2n) is 11.2. The Hall–Kier alpha value is -4.86. The van der Waals surface area contributed by atoms with Crippen molar-refractivity contribution in [3.63, 3.8) is 0 Å². The van der Waals surface area contributed by atoms with Crippen LogP contribution in [-0.4, -0.2) is 92.8 Å². The van der Waals surface area contributed by atoms with Crippen molar-refractivity contribution in [3.05, 3.63) is 94.0 Å². The second-order valence-corrected chi connectivity index (χ2v) is 17.5. The number of aliphatic hydroxyl groups excluding tert-OH is 1. The number of nitrogens with one attached hydrogen (secondary N) is 1. The van der Waals surface area contributed by atoms with E-state index in [4.69, 9.17) is 21.9 Å². The standard InChI is InChI=1S/C28H27ClN8O13S4/c1-37(17-3-2-4-18(13-17)51(39,40)10-9-50-54(47,48)49)28-33-26(29)32-27(34-28)31-16-6-8-21(23(12-16)53(44,45)46)35-36-25-20(30)7-5-15-11-19(52(41,42)43)14-22(38)24(15)25/h2-8,11-14,24-25,38H,9-10,30H2,1H3,(H,41,42,43)(H,44,45,46)(H,47,48,49)(H,31,32,33,34). The van der Waals surface area contributed by atoms with Crippen LogP contribution in [0.2, 0.25) is 5.28 Å². The summed E-state index contributed by atoms with van der Waals surface area (Å²) >= 11 is 6.13. The first-order valence-corrected chi connectivity index (χ1v) is 21.0. The van der Waals surface area contributed by atoms with Crippen LogP contribution >= 0.6 is 11.6 Å². The summed E-state index contributed by atoms with van der Waals surface area (Å²) in [7, 11) is -17.1. The van der Waals surface area contributed by atoms with Crippen molar-refractivity contribution in [2.45, 2.75) is 15.8 Å². The summed E-state index contributed by atoms with van der Waals surface area (Å²) in [5.41, 5.74) is 6.20. The van der Waals surface area contributed by atoms with Gasteiger partial charge in [-0.15, -0.1) is 0 Å². The van der Waals surface area contributed by atoms with E-state index >= 15 is 0 Å². The predicted molar refractivity (Wildman–Crippen MR) is 191 cm³/mol. The molecular weight excluding hydrogens is 820 g/mol. The van der Waals surface area contributed by atoms with Crippen LogP contribution in [0.25, 0.3) is 0 Å². The van der Waals surface area contributed by atoms with Gasteiger partial charge in [0.2, 0.25) is 17.2 Å². The molecule has 7 N–H and O–H groups in total. The smallest absolute Gasteiger partial charge is 0.397 e. The fraction of sp³-hybridized carbons (Fsp3) is 0.179. The van der Waals surface area contributed by atoms with Crippen molar-refractivity contribution >= 4 is 81.0 Å². The third kappa shape index (κ3) is 9.62. The number of fused-ring (bicyclic) bond motifs is 1. The molecule has 5 rings (SSSR count). The van der Waals surface area contributed by atoms with Crippen molar-refractivity contribution < 1.29 is 56.6 Å². The number of nitrogens with two attached hydrogens (primary N) is 1. The number of rotatable bonds is 13. The molecule has 0 radical (unpaired) electrons. The Bertz CT molecular complexity index is 2630. The van der Waals surface area contributed by atoms with Gasteiger partial charge in [0.1, 0.15) is 22.4 Å². The van der Waals surface area contributed by atoms with Gasteiger partial charge in [-0.05, 0) is 71.8 Å². The van der Waals surface area contributed by atoms with Gasteiger partial charge in [-0.25, -0.2) is 12.6 Å². The molecule has 0 aliphatic heterocycles. The molecule has 2 unspecified atom stereocenters. The Kier molecular flexibility index (Phi) is 11.3. The van der Waals surface area contributed by atoms with E-state index in [0.717, 1.165) is 24.3 Å². The fourth-order valence-corrected chi connectivity index (χ4v) is 7.90. The average molecular weight is 847 g/mol. The summed E-state index contributed by atoms with van der Waals surface area (Å²) < 4.78 is 127. The lowest BCUT2D eigenvalue weighted by Crippen LogP contribution is -2.32. The number of benzene rings is 2. The monoisotopic (exact) mass is 846 g/mol. The first-order valence-electron chi connectivity index (χ1n) is 14.7. The van der Waals surface area contributed by atoms with Crippen LogP contribution in [-0.2, 0) is 44.7 Å². The van der Waals surface area contributed by atoms with E-state index < -0.39 is 80.4 Å². The maximum Gasteiger partial charge on any atom is 0.397 e. The summed E-state index contributed by atoms with van der Waals surface area (Å²) in [5.74, 6) is -2.68. The maximum atomic E-state index is 12.7. The molecule has 1 aromatic heterocycles. The number of aromatic nitrogens is 3. The van der Waals surface area contributed by atoms with E-state index in [0.29, 0.717) is 0 Å². The van der Waals surface area contributed by atoms with Gasteiger partial charge in [0.15, 0.2) is 9.84 Å². The molecule has 0 spiro atoms. The van der Waals surface area contributed by atoms with Crippen LogP contribution in [0.5, 0.6) is 0 Å². The quantitative estimate of drug-likeness (QED) is 0.106. The fourth-order valence-electron chi connectivity index (χ4n) is 5.01. The van der Waals surface area contributed by atoms with Crippen LogP contribution in [0.1, 0.15) is 0 Å². The minimum Gasteiger partial charge on any atom is -0.512 e. The first-order chi connectivity index (χ1) is 25.0. The van der Waals surface area contributed by atoms with Crippen LogP contribution in [0.3, 0.4) is 0 Å². The Morgan fingerprint density at radius 2 is 1.67 bits per heavy atom. The maximum absolute atomic E-state index is 12.7. The molecule has 2 aliphatic carbocycles. The molecule has 3 aromatic rings. The van der Waals surface area contributed by atoms with Gasteiger partial charge >= 0.3 is 10.4 Å². The Morgan fingerprint density at radius 1 is 0.944 bits per heavy atom. The first kappa shape index (κ1) is 40.3. The third-order valence-electron chi connectivity index (χ3n) is 7.53. The summed E-state index contributed by atoms with van der Waals surface area (Å²) in [6.07, 6.45) is 4.68. The van der Waals surface area contributed by atoms with Gasteiger partial charge in [0.05, 0.1) is 28.1 Å². The molecule has 1 heterocycles. The van der Waals surface area contributed by atoms with Gasteiger partial charge in [0, 0.05) is 24.1 Å². The summed E-state index contributed by atoms with van der Waals surface area (Å²) in [5, 5.41) is 21.0. The van der Waals surface area contributed by atoms with E-state index in [2.05, 4.69) is 34.7 Å². The highest BCUT2D eigenvalue weighted by Crippen LogP contribution is 2.38. The molecule has 288 valence electrons. The molecule has 0 bridgehead atoms. The number of sulfone groups is 1. The molecule has 0 amide bonds. The lowest BCUT2D eigenvalue weighted by molar-refractivity contribution is 0.284. The largest absolute Gasteiger partial charge is 0.512 e. The average Bonchev–Trinajstić information content (AvgIpc) is 3.06. The summed E-state index contributed by atoms with van der Waals surface area (Å²) in [4.78, 5) is 12.0. The Labute approximate surface area is 312 Å². The number of allylic oxidation sites excluding steroid dienone is 4. The molecule has 2 aromatic carbocycles. The predicted octanol–water partition coefficient (Wildman–Crippen LogP) is 2.95. The van der Waals surface area contributed by atoms with E-state index in [1.165, 1.54) is 54.4 Å². The molecule has 0 fully saturated rings. The van der Waals surface area contributed by atoms with Gasteiger partial charge in [-0.1, -0.05) is 12.1 Å². The number of anilines is 4. The van der Waals surface area contributed by atoms with E-state index in [1.807, 2.05) is 0 Å². The highest BCUT2D eigenvalue weighted by atomic mass is 35.5. The topological polar surface area (TPSA) is 331 Å². The molecule has 54 heavy (non-hydrogen) atoms. The van der Waals surface area contributed by atoms with Gasteiger partial charge in [0.25, 0.3) is 20.2 Å². The zero-order valence-electron chi connectivity index (χ0n) is 27.2. The molecule has 26 heteroatoms. The normalized spacial score (nSPS) is 17.9. The van der Waals surface area contributed by atoms with Crippen LogP contribution in [0.15, 0.2) is 109 Å². The summed E-state index contributed by atoms with van der Waals surface area (Å²) in [6.45, 7) is -0.837. The van der Waals surface area contributed by atoms with Crippen LogP contribution in [0, 0.1) is 5.92 Å². The highest BCUT2D eigenvalue weighted by molar-refractivity contribution is 7.91. The summed E-state index contributed by atoms with van der Waals surface area (Å²) in [6, 6.07) is 7.64. The zero-order valence-corrected chi connectivity index (χ0v) is 31.2. The minimum atomic E-state index is -4.97. The molecule has 2 atom stereocenters. The number of hydrogen-bond acceptors (Lipinski definition) is 18. The lowest BCUT2D eigenvalue weighted by atomic mass is 9.82. The SMILES string of the molecule is CN(c1cccc(S(=O)(=O)CCOS(=O)(=O)O)c1)c1nc(Cl)nc(Nc2ccc(N=NC3C(N)=CC=C4C=C(S(=O)(=O)O)C=C(O)C43)c(S(=O)(=O)O)c2)n1. The molecule has 2 aliphatic rings. The number of azo groups is 1. The van der Waals surface area contributed by atoms with Gasteiger partial charge in [-0.2, -0.15) is 50.4 Å². The Morgan fingerprint density at radius 3 is 2.33 bits per heavy atom. The van der Waals surface area contributed by atoms with Crippen molar-refractivity contribution in [3.8, 4) is 0 Å². The second kappa shape index (κ2) is 15.1. The molecule has 21 nitrogen and oxygen atoms in total. The minimum absolute atomic E-state index is 0.00400. The number of halogens is 1. The van der Waals surface area contributed by atoms with Crippen molar-refractivity contribution in [1.82, 2.24) is 15.0 Å². The molecule has 0 saturated heterocycles. The van der Waals surface area contributed by atoms with E-state index in [-0.39, 0.29) is 50.4 Å². The van der Waals surface area contributed by atoms with Gasteiger partial charge < -0.3 is 21.1 Å². The van der Waals surface area contributed by atoms with Gasteiger partial charge in [-0.3, -0.25) is 13.7 Å². The number of aliphatic hydroxyl groups is 1. The van der Waals surface area contributed by atoms with Crippen molar-refractivity contribution in [2.75, 3.05) is 29.6 Å². The van der Waals surface area contributed by atoms with E-state index in [1.54, 1.807) is 0 Å².